The molecule has 1 aromatic carbocycles. The first kappa shape index (κ1) is 20.8. The molecule has 1 aromatic heterocycles. The molecule has 0 saturated carbocycles. The third kappa shape index (κ3) is 4.21. The molecular formula is C22H27N3O4S. The lowest BCUT2D eigenvalue weighted by Gasteiger charge is -2.49. The molecule has 0 spiro atoms. The van der Waals surface area contributed by atoms with Crippen LogP contribution in [0.3, 0.4) is 0 Å². The van der Waals surface area contributed by atoms with Crippen molar-refractivity contribution < 1.29 is 19.4 Å². The van der Waals surface area contributed by atoms with Gasteiger partial charge >= 0.3 is 6.03 Å². The highest BCUT2D eigenvalue weighted by Crippen LogP contribution is 2.39. The van der Waals surface area contributed by atoms with Crippen LogP contribution in [0.5, 0.6) is 0 Å². The molecule has 2 N–H and O–H groups in total. The van der Waals surface area contributed by atoms with Gasteiger partial charge in [-0.15, -0.1) is 11.3 Å². The van der Waals surface area contributed by atoms with Crippen molar-refractivity contribution in [3.05, 3.63) is 58.3 Å². The van der Waals surface area contributed by atoms with Gasteiger partial charge in [0.15, 0.2) is 0 Å². The average molecular weight is 430 g/mol. The molecule has 30 heavy (non-hydrogen) atoms. The maximum Gasteiger partial charge on any atom is 0.320 e. The fourth-order valence-electron chi connectivity index (χ4n) is 4.14. The fraction of sp³-hybridized carbons (Fsp3) is 0.455. The number of hydrogen-bond acceptors (Lipinski definition) is 5. The molecule has 3 heterocycles. The lowest BCUT2D eigenvalue weighted by atomic mass is 9.81. The first-order chi connectivity index (χ1) is 14.5. The zero-order valence-corrected chi connectivity index (χ0v) is 17.8. The number of carbonyl (C=O) groups excluding carboxylic acids is 2. The summed E-state index contributed by atoms with van der Waals surface area (Å²) in [5.41, 5.74) is -0.629. The van der Waals surface area contributed by atoms with Crippen LogP contribution in [0.15, 0.2) is 47.8 Å². The van der Waals surface area contributed by atoms with E-state index in [1.165, 1.54) is 11.3 Å². The molecular weight excluding hydrogens is 402 g/mol. The Labute approximate surface area is 180 Å². The number of benzene rings is 1. The molecule has 8 heteroatoms. The van der Waals surface area contributed by atoms with Gasteiger partial charge in [-0.25, -0.2) is 4.79 Å². The zero-order valence-electron chi connectivity index (χ0n) is 17.0. The van der Waals surface area contributed by atoms with Crippen molar-refractivity contribution in [3.63, 3.8) is 0 Å². The molecule has 7 nitrogen and oxygen atoms in total. The van der Waals surface area contributed by atoms with Crippen LogP contribution in [0.2, 0.25) is 0 Å². The number of likely N-dealkylation sites (tertiary alicyclic amines) is 1. The molecule has 3 atom stereocenters. The van der Waals surface area contributed by atoms with Gasteiger partial charge in [0.1, 0.15) is 0 Å². The zero-order chi connectivity index (χ0) is 21.1. The van der Waals surface area contributed by atoms with Crippen LogP contribution in [-0.2, 0) is 4.74 Å². The molecule has 3 unspecified atom stereocenters. The molecule has 2 fully saturated rings. The Morgan fingerprint density at radius 2 is 1.87 bits per heavy atom. The standard InChI is InChI=1S/C22H27N3O4S/c1-22(28)9-10-25(21(27)24-11-13-29-14-12-24)18(17-8-5-15-30-17)19(22)23-20(26)16-6-3-2-4-7-16/h2-8,15,18-19,28H,9-14H2,1H3,(H,23,26). The van der Waals surface area contributed by atoms with Crippen molar-refractivity contribution in [1.82, 2.24) is 15.1 Å². The first-order valence-corrected chi connectivity index (χ1v) is 11.1. The first-order valence-electron chi connectivity index (χ1n) is 10.2. The van der Waals surface area contributed by atoms with Gasteiger partial charge < -0.3 is 25.0 Å². The second-order valence-corrected chi connectivity index (χ2v) is 8.94. The van der Waals surface area contributed by atoms with E-state index in [0.717, 1.165) is 4.88 Å². The van der Waals surface area contributed by atoms with Gasteiger partial charge in [-0.1, -0.05) is 24.3 Å². The van der Waals surface area contributed by atoms with E-state index < -0.39 is 17.7 Å². The molecule has 160 valence electrons. The number of piperidine rings is 1. The molecule has 2 saturated heterocycles. The van der Waals surface area contributed by atoms with E-state index in [4.69, 9.17) is 4.74 Å². The molecule has 0 bridgehead atoms. The number of aliphatic hydroxyl groups is 1. The number of hydrogen-bond donors (Lipinski definition) is 2. The predicted octanol–water partition coefficient (Wildman–Crippen LogP) is 2.50. The van der Waals surface area contributed by atoms with Gasteiger partial charge in [0.2, 0.25) is 0 Å². The second-order valence-electron chi connectivity index (χ2n) is 7.96. The summed E-state index contributed by atoms with van der Waals surface area (Å²) in [5.74, 6) is -0.261. The van der Waals surface area contributed by atoms with E-state index in [2.05, 4.69) is 5.32 Å². The lowest BCUT2D eigenvalue weighted by Crippen LogP contribution is -2.64. The van der Waals surface area contributed by atoms with Crippen LogP contribution in [-0.4, -0.2) is 71.3 Å². The van der Waals surface area contributed by atoms with Crippen molar-refractivity contribution in [1.29, 1.82) is 0 Å². The molecule has 2 aromatic rings. The highest BCUT2D eigenvalue weighted by atomic mass is 32.1. The summed E-state index contributed by atoms with van der Waals surface area (Å²) < 4.78 is 5.38. The number of ether oxygens (including phenoxy) is 1. The Morgan fingerprint density at radius 3 is 2.53 bits per heavy atom. The van der Waals surface area contributed by atoms with Crippen LogP contribution in [0.25, 0.3) is 0 Å². The Hall–Kier alpha value is -2.42. The number of nitrogens with one attached hydrogen (secondary N) is 1. The molecule has 0 radical (unpaired) electrons. The van der Waals surface area contributed by atoms with E-state index in [-0.39, 0.29) is 11.9 Å². The van der Waals surface area contributed by atoms with Crippen LogP contribution < -0.4 is 5.32 Å². The number of nitrogens with zero attached hydrogens (tertiary/aromatic N) is 2. The Morgan fingerprint density at radius 1 is 1.13 bits per heavy atom. The number of carbonyl (C=O) groups is 2. The Balaban J connectivity index is 1.65. The summed E-state index contributed by atoms with van der Waals surface area (Å²) in [6, 6.07) is 11.7. The van der Waals surface area contributed by atoms with Crippen molar-refractivity contribution in [3.8, 4) is 0 Å². The number of amides is 3. The molecule has 2 aliphatic rings. The van der Waals surface area contributed by atoms with Crippen LogP contribution in [0.4, 0.5) is 4.79 Å². The predicted molar refractivity (Wildman–Crippen MR) is 114 cm³/mol. The minimum Gasteiger partial charge on any atom is -0.388 e. The van der Waals surface area contributed by atoms with Gasteiger partial charge in [-0.2, -0.15) is 0 Å². The minimum atomic E-state index is -1.15. The lowest BCUT2D eigenvalue weighted by molar-refractivity contribution is -0.0566. The van der Waals surface area contributed by atoms with Crippen LogP contribution >= 0.6 is 11.3 Å². The number of thiophene rings is 1. The quantitative estimate of drug-likeness (QED) is 0.786. The monoisotopic (exact) mass is 429 g/mol. The highest BCUT2D eigenvalue weighted by molar-refractivity contribution is 7.10. The van der Waals surface area contributed by atoms with Gasteiger partial charge in [0, 0.05) is 30.1 Å². The third-order valence-electron chi connectivity index (χ3n) is 5.86. The normalized spacial score (nSPS) is 27.0. The molecule has 3 amide bonds. The average Bonchev–Trinajstić information content (AvgIpc) is 3.30. The van der Waals surface area contributed by atoms with Crippen molar-refractivity contribution >= 4 is 23.3 Å². The summed E-state index contributed by atoms with van der Waals surface area (Å²) in [6.07, 6.45) is 0.380. The smallest absolute Gasteiger partial charge is 0.320 e. The SMILES string of the molecule is CC1(O)CCN(C(=O)N2CCOCC2)C(c2cccs2)C1NC(=O)c1ccccc1. The van der Waals surface area contributed by atoms with Gasteiger partial charge in [-0.3, -0.25) is 4.79 Å². The summed E-state index contributed by atoms with van der Waals surface area (Å²) >= 11 is 1.53. The van der Waals surface area contributed by atoms with Crippen LogP contribution in [0, 0.1) is 0 Å². The number of morpholine rings is 1. The molecule has 4 rings (SSSR count). The van der Waals surface area contributed by atoms with Crippen molar-refractivity contribution in [2.45, 2.75) is 31.0 Å². The fourth-order valence-corrected chi connectivity index (χ4v) is 5.01. The Bertz CT molecular complexity index is 866. The van der Waals surface area contributed by atoms with E-state index in [0.29, 0.717) is 44.8 Å². The topological polar surface area (TPSA) is 82.1 Å². The summed E-state index contributed by atoms with van der Waals surface area (Å²) in [5, 5.41) is 16.2. The summed E-state index contributed by atoms with van der Waals surface area (Å²) in [6.45, 7) is 4.29. The van der Waals surface area contributed by atoms with Crippen molar-refractivity contribution in [2.24, 2.45) is 0 Å². The van der Waals surface area contributed by atoms with Gasteiger partial charge in [-0.05, 0) is 36.9 Å². The maximum atomic E-state index is 13.4. The molecule has 0 aliphatic carbocycles. The Kier molecular flexibility index (Phi) is 6.08. The minimum absolute atomic E-state index is 0.0776. The maximum absolute atomic E-state index is 13.4. The van der Waals surface area contributed by atoms with Gasteiger partial charge in [0.25, 0.3) is 5.91 Å². The van der Waals surface area contributed by atoms with E-state index in [9.17, 15) is 14.7 Å². The number of urea groups is 1. The third-order valence-corrected chi connectivity index (χ3v) is 6.81. The van der Waals surface area contributed by atoms with E-state index >= 15 is 0 Å². The van der Waals surface area contributed by atoms with Gasteiger partial charge in [0.05, 0.1) is 30.9 Å². The number of rotatable bonds is 3. The molecule has 2 aliphatic heterocycles. The highest BCUT2D eigenvalue weighted by Gasteiger charge is 2.49. The largest absolute Gasteiger partial charge is 0.388 e. The van der Waals surface area contributed by atoms with E-state index in [1.54, 1.807) is 41.0 Å². The van der Waals surface area contributed by atoms with Crippen LogP contribution in [0.1, 0.15) is 34.6 Å². The summed E-state index contributed by atoms with van der Waals surface area (Å²) in [4.78, 5) is 30.9. The summed E-state index contributed by atoms with van der Waals surface area (Å²) in [7, 11) is 0. The van der Waals surface area contributed by atoms with E-state index in [1.807, 2.05) is 23.6 Å². The van der Waals surface area contributed by atoms with Crippen molar-refractivity contribution in [2.75, 3.05) is 32.8 Å². The second kappa shape index (κ2) is 8.75.